The Hall–Kier alpha value is -1.03. The van der Waals surface area contributed by atoms with Crippen LogP contribution >= 0.6 is 0 Å². The van der Waals surface area contributed by atoms with Gasteiger partial charge in [-0.05, 0) is 6.42 Å². The molecule has 2 atom stereocenters. The number of cyclic esters (lactones) is 1. The second-order valence-electron chi connectivity index (χ2n) is 3.01. The third-order valence-corrected chi connectivity index (χ3v) is 2.28. The Bertz CT molecular complexity index is 226. The first-order chi connectivity index (χ1) is 5.83. The van der Waals surface area contributed by atoms with Gasteiger partial charge in [0.05, 0.1) is 12.6 Å². The highest BCUT2D eigenvalue weighted by molar-refractivity contribution is 5.71. The van der Waals surface area contributed by atoms with Crippen LogP contribution in [0.1, 0.15) is 6.42 Å². The van der Waals surface area contributed by atoms with Crippen LogP contribution in [-0.2, 0) is 4.74 Å². The molecule has 1 saturated heterocycles. The minimum absolute atomic E-state index is 0.0451. The molecule has 2 aliphatic rings. The Balaban J connectivity index is 2.19. The maximum Gasteiger partial charge on any atom is 0.410 e. The number of amides is 1. The Kier molecular flexibility index (Phi) is 1.77. The summed E-state index contributed by atoms with van der Waals surface area (Å²) in [5, 5.41) is 8.88. The number of nitrogens with zero attached hydrogens (tertiary/aromatic N) is 1. The van der Waals surface area contributed by atoms with E-state index in [4.69, 9.17) is 9.84 Å². The standard InChI is InChI=1S/C8H11NO3/c10-5-7-6-3-1-2-4-9(6)8(11)12-7/h1,3,6-7,10H,2,4-5H2/t6-,7+/m0/s1. The molecule has 12 heavy (non-hydrogen) atoms. The highest BCUT2D eigenvalue weighted by Gasteiger charge is 2.40. The van der Waals surface area contributed by atoms with Crippen molar-refractivity contribution in [3.05, 3.63) is 12.2 Å². The molecule has 4 nitrogen and oxygen atoms in total. The second-order valence-corrected chi connectivity index (χ2v) is 3.01. The summed E-state index contributed by atoms with van der Waals surface area (Å²) < 4.78 is 4.94. The molecule has 0 aromatic carbocycles. The third-order valence-electron chi connectivity index (χ3n) is 2.28. The van der Waals surface area contributed by atoms with Crippen molar-refractivity contribution in [2.45, 2.75) is 18.6 Å². The number of hydrogen-bond acceptors (Lipinski definition) is 3. The van der Waals surface area contributed by atoms with Gasteiger partial charge in [0.25, 0.3) is 0 Å². The van der Waals surface area contributed by atoms with E-state index in [9.17, 15) is 4.79 Å². The zero-order valence-electron chi connectivity index (χ0n) is 6.64. The summed E-state index contributed by atoms with van der Waals surface area (Å²) in [5.74, 6) is 0. The lowest BCUT2D eigenvalue weighted by Crippen LogP contribution is -2.38. The Labute approximate surface area is 70.4 Å². The van der Waals surface area contributed by atoms with E-state index >= 15 is 0 Å². The summed E-state index contributed by atoms with van der Waals surface area (Å²) in [4.78, 5) is 12.8. The average Bonchev–Trinajstić information content (AvgIpc) is 2.44. The van der Waals surface area contributed by atoms with Gasteiger partial charge < -0.3 is 9.84 Å². The quantitative estimate of drug-likeness (QED) is 0.567. The molecule has 0 saturated carbocycles. The van der Waals surface area contributed by atoms with Crippen LogP contribution < -0.4 is 0 Å². The van der Waals surface area contributed by atoms with Crippen LogP contribution in [0.5, 0.6) is 0 Å². The lowest BCUT2D eigenvalue weighted by Gasteiger charge is -2.23. The Morgan fingerprint density at radius 1 is 1.75 bits per heavy atom. The number of rotatable bonds is 1. The molecular formula is C8H11NO3. The van der Waals surface area contributed by atoms with E-state index in [0.717, 1.165) is 6.42 Å². The van der Waals surface area contributed by atoms with Gasteiger partial charge in [-0.3, -0.25) is 4.90 Å². The van der Waals surface area contributed by atoms with Crippen LogP contribution in [0.4, 0.5) is 4.79 Å². The minimum atomic E-state index is -0.367. The molecule has 0 spiro atoms. The molecular weight excluding hydrogens is 158 g/mol. The van der Waals surface area contributed by atoms with Gasteiger partial charge in [-0.15, -0.1) is 0 Å². The minimum Gasteiger partial charge on any atom is -0.441 e. The fourth-order valence-corrected chi connectivity index (χ4v) is 1.65. The molecule has 2 heterocycles. The maximum atomic E-state index is 11.1. The van der Waals surface area contributed by atoms with E-state index < -0.39 is 0 Å². The van der Waals surface area contributed by atoms with Crippen LogP contribution in [0.25, 0.3) is 0 Å². The topological polar surface area (TPSA) is 49.8 Å². The first-order valence-electron chi connectivity index (χ1n) is 4.07. The molecule has 1 fully saturated rings. The van der Waals surface area contributed by atoms with Gasteiger partial charge in [-0.25, -0.2) is 4.79 Å². The number of carbonyl (C=O) groups is 1. The van der Waals surface area contributed by atoms with Crippen molar-refractivity contribution in [1.82, 2.24) is 4.90 Å². The van der Waals surface area contributed by atoms with Gasteiger partial charge in [-0.2, -0.15) is 0 Å². The lowest BCUT2D eigenvalue weighted by molar-refractivity contribution is 0.0886. The van der Waals surface area contributed by atoms with E-state index in [1.165, 1.54) is 0 Å². The molecule has 0 unspecified atom stereocenters. The molecule has 0 aromatic rings. The van der Waals surface area contributed by atoms with Gasteiger partial charge in [0.15, 0.2) is 6.10 Å². The average molecular weight is 169 g/mol. The maximum absolute atomic E-state index is 11.1. The van der Waals surface area contributed by atoms with Crippen LogP contribution in [0.2, 0.25) is 0 Å². The largest absolute Gasteiger partial charge is 0.441 e. The number of hydrogen-bond donors (Lipinski definition) is 1. The third kappa shape index (κ3) is 0.992. The van der Waals surface area contributed by atoms with Crippen molar-refractivity contribution in [2.24, 2.45) is 0 Å². The Morgan fingerprint density at radius 2 is 2.58 bits per heavy atom. The molecule has 4 heteroatoms. The number of ether oxygens (including phenoxy) is 1. The van der Waals surface area contributed by atoms with Crippen LogP contribution in [0.15, 0.2) is 12.2 Å². The predicted molar refractivity (Wildman–Crippen MR) is 41.6 cm³/mol. The number of aliphatic hydroxyl groups is 1. The monoisotopic (exact) mass is 169 g/mol. The van der Waals surface area contributed by atoms with E-state index in [2.05, 4.69) is 0 Å². The van der Waals surface area contributed by atoms with Crippen LogP contribution in [-0.4, -0.2) is 41.4 Å². The predicted octanol–water partition coefficient (Wildman–Crippen LogP) is 0.128. The summed E-state index contributed by atoms with van der Waals surface area (Å²) in [6.07, 6.45) is 4.16. The van der Waals surface area contributed by atoms with Gasteiger partial charge in [0.2, 0.25) is 0 Å². The first kappa shape index (κ1) is 7.61. The molecule has 0 bridgehead atoms. The summed E-state index contributed by atoms with van der Waals surface area (Å²) in [5.41, 5.74) is 0. The molecule has 2 rings (SSSR count). The summed E-state index contributed by atoms with van der Waals surface area (Å²) in [6.45, 7) is 0.605. The molecule has 1 amide bonds. The zero-order valence-corrected chi connectivity index (χ0v) is 6.64. The Morgan fingerprint density at radius 3 is 3.33 bits per heavy atom. The fraction of sp³-hybridized carbons (Fsp3) is 0.625. The number of carbonyl (C=O) groups excluding carboxylic acids is 1. The van der Waals surface area contributed by atoms with Crippen molar-refractivity contribution in [3.63, 3.8) is 0 Å². The van der Waals surface area contributed by atoms with Crippen LogP contribution in [0.3, 0.4) is 0 Å². The number of aliphatic hydroxyl groups excluding tert-OH is 1. The molecule has 0 aliphatic carbocycles. The summed E-state index contributed by atoms with van der Waals surface area (Å²) in [6, 6.07) is -0.0451. The normalized spacial score (nSPS) is 33.4. The van der Waals surface area contributed by atoms with Crippen molar-refractivity contribution < 1.29 is 14.6 Å². The number of fused-ring (bicyclic) bond motifs is 1. The lowest BCUT2D eigenvalue weighted by atomic mass is 10.1. The smallest absolute Gasteiger partial charge is 0.410 e. The van der Waals surface area contributed by atoms with Crippen molar-refractivity contribution >= 4 is 6.09 Å². The van der Waals surface area contributed by atoms with Crippen molar-refractivity contribution in [2.75, 3.05) is 13.2 Å². The fourth-order valence-electron chi connectivity index (χ4n) is 1.65. The van der Waals surface area contributed by atoms with E-state index in [1.54, 1.807) is 4.90 Å². The van der Waals surface area contributed by atoms with Crippen molar-refractivity contribution in [3.8, 4) is 0 Å². The highest BCUT2D eigenvalue weighted by atomic mass is 16.6. The van der Waals surface area contributed by atoms with E-state index in [0.29, 0.717) is 6.54 Å². The van der Waals surface area contributed by atoms with E-state index in [1.807, 2.05) is 12.2 Å². The van der Waals surface area contributed by atoms with Gasteiger partial charge in [-0.1, -0.05) is 12.2 Å². The van der Waals surface area contributed by atoms with Gasteiger partial charge >= 0.3 is 6.09 Å². The van der Waals surface area contributed by atoms with Crippen LogP contribution in [0, 0.1) is 0 Å². The molecule has 2 aliphatic heterocycles. The molecule has 0 radical (unpaired) electrons. The van der Waals surface area contributed by atoms with Gasteiger partial charge in [0.1, 0.15) is 0 Å². The molecule has 66 valence electrons. The van der Waals surface area contributed by atoms with Crippen molar-refractivity contribution in [1.29, 1.82) is 0 Å². The summed E-state index contributed by atoms with van der Waals surface area (Å²) in [7, 11) is 0. The zero-order chi connectivity index (χ0) is 8.55. The highest BCUT2D eigenvalue weighted by Crippen LogP contribution is 2.23. The molecule has 0 aromatic heterocycles. The first-order valence-corrected chi connectivity index (χ1v) is 4.07. The molecule has 1 N–H and O–H groups in total. The second kappa shape index (κ2) is 2.79. The summed E-state index contributed by atoms with van der Waals surface area (Å²) >= 11 is 0. The van der Waals surface area contributed by atoms with E-state index in [-0.39, 0.29) is 24.8 Å². The SMILES string of the molecule is O=C1O[C@H](CO)[C@@H]2C=CCCN12. The van der Waals surface area contributed by atoms with Gasteiger partial charge in [0, 0.05) is 6.54 Å².